The number of likely N-dealkylation sites (tertiary alicyclic amines) is 1. The van der Waals surface area contributed by atoms with Crippen LogP contribution < -0.4 is 9.47 Å². The van der Waals surface area contributed by atoms with Crippen molar-refractivity contribution >= 4 is 15.9 Å². The number of amides is 1. The first kappa shape index (κ1) is 20.3. The summed E-state index contributed by atoms with van der Waals surface area (Å²) in [5, 5.41) is 0. The molecular weight excluding hydrogens is 416 g/mol. The summed E-state index contributed by atoms with van der Waals surface area (Å²) in [7, 11) is -3.48. The molecule has 31 heavy (non-hydrogen) atoms. The quantitative estimate of drug-likeness (QED) is 0.727. The maximum Gasteiger partial charge on any atom is 0.254 e. The number of nitrogens with zero attached hydrogens (tertiary/aromatic N) is 2. The fraction of sp³-hybridized carbons (Fsp3) is 0.435. The first-order valence-corrected chi connectivity index (χ1v) is 12.3. The topological polar surface area (TPSA) is 76.2 Å². The van der Waals surface area contributed by atoms with Crippen molar-refractivity contribution in [3.05, 3.63) is 53.6 Å². The standard InChI is InChI=1S/C23H26N2O5S/c26-23(17-5-8-19(9-6-17)31(27,28)24-11-1-2-12-24)25-13-3-4-20(25)18-7-10-21-22(16-18)30-15-14-29-21/h5-10,16,20H,1-4,11-15H2/t20-/m1/s1. The van der Waals surface area contributed by atoms with Gasteiger partial charge in [0.1, 0.15) is 13.2 Å². The monoisotopic (exact) mass is 442 g/mol. The van der Waals surface area contributed by atoms with E-state index in [1.165, 1.54) is 4.31 Å². The molecule has 2 fully saturated rings. The Morgan fingerprint density at radius 1 is 0.871 bits per heavy atom. The number of hydrogen-bond acceptors (Lipinski definition) is 5. The molecular formula is C23H26N2O5S. The van der Waals surface area contributed by atoms with Crippen molar-refractivity contribution < 1.29 is 22.7 Å². The van der Waals surface area contributed by atoms with Gasteiger partial charge in [-0.1, -0.05) is 6.07 Å². The van der Waals surface area contributed by atoms with E-state index in [0.717, 1.165) is 42.7 Å². The lowest BCUT2D eigenvalue weighted by atomic mass is 10.0. The molecule has 0 saturated carbocycles. The fourth-order valence-corrected chi connectivity index (χ4v) is 6.15. The number of fused-ring (bicyclic) bond motifs is 1. The number of benzene rings is 2. The molecule has 2 aromatic carbocycles. The average molecular weight is 443 g/mol. The number of carbonyl (C=O) groups excluding carboxylic acids is 1. The van der Waals surface area contributed by atoms with E-state index in [4.69, 9.17) is 9.47 Å². The van der Waals surface area contributed by atoms with E-state index in [0.29, 0.717) is 38.4 Å². The van der Waals surface area contributed by atoms with Crippen LogP contribution in [0.3, 0.4) is 0 Å². The highest BCUT2D eigenvalue weighted by molar-refractivity contribution is 7.89. The predicted octanol–water partition coefficient (Wildman–Crippen LogP) is 3.22. The van der Waals surface area contributed by atoms with Crippen molar-refractivity contribution in [3.8, 4) is 11.5 Å². The molecule has 3 aliphatic heterocycles. The van der Waals surface area contributed by atoms with E-state index in [-0.39, 0.29) is 16.8 Å². The van der Waals surface area contributed by atoms with Crippen molar-refractivity contribution in [1.82, 2.24) is 9.21 Å². The Kier molecular flexibility index (Phi) is 5.35. The minimum atomic E-state index is -3.48. The van der Waals surface area contributed by atoms with Gasteiger partial charge in [0.25, 0.3) is 5.91 Å². The van der Waals surface area contributed by atoms with Crippen LogP contribution in [-0.2, 0) is 10.0 Å². The van der Waals surface area contributed by atoms with Gasteiger partial charge in [0.05, 0.1) is 10.9 Å². The summed E-state index contributed by atoms with van der Waals surface area (Å²) >= 11 is 0. The van der Waals surface area contributed by atoms with Gasteiger partial charge in [0.15, 0.2) is 11.5 Å². The number of hydrogen-bond donors (Lipinski definition) is 0. The Morgan fingerprint density at radius 2 is 1.58 bits per heavy atom. The summed E-state index contributed by atoms with van der Waals surface area (Å²) in [4.78, 5) is 15.4. The molecule has 5 rings (SSSR count). The Morgan fingerprint density at radius 3 is 2.32 bits per heavy atom. The van der Waals surface area contributed by atoms with Crippen LogP contribution in [0.5, 0.6) is 11.5 Å². The number of rotatable bonds is 4. The largest absolute Gasteiger partial charge is 0.486 e. The Hall–Kier alpha value is -2.58. The van der Waals surface area contributed by atoms with Crippen LogP contribution in [0.25, 0.3) is 0 Å². The molecule has 1 amide bonds. The number of sulfonamides is 1. The van der Waals surface area contributed by atoms with Crippen LogP contribution in [0.4, 0.5) is 0 Å². The lowest BCUT2D eigenvalue weighted by Gasteiger charge is -2.27. The van der Waals surface area contributed by atoms with Crippen LogP contribution in [0.2, 0.25) is 0 Å². The van der Waals surface area contributed by atoms with Crippen LogP contribution in [0.15, 0.2) is 47.4 Å². The molecule has 0 aromatic heterocycles. The van der Waals surface area contributed by atoms with Gasteiger partial charge in [-0.3, -0.25) is 4.79 Å². The molecule has 3 heterocycles. The van der Waals surface area contributed by atoms with E-state index >= 15 is 0 Å². The first-order valence-electron chi connectivity index (χ1n) is 10.8. The summed E-state index contributed by atoms with van der Waals surface area (Å²) in [6.07, 6.45) is 3.59. The SMILES string of the molecule is O=C(c1ccc(S(=O)(=O)N2CCCC2)cc1)N1CCC[C@@H]1c1ccc2c(c1)OCCO2. The second kappa shape index (κ2) is 8.16. The molecule has 0 aliphatic carbocycles. The zero-order valence-corrected chi connectivity index (χ0v) is 18.1. The van der Waals surface area contributed by atoms with Crippen molar-refractivity contribution in [3.63, 3.8) is 0 Å². The van der Waals surface area contributed by atoms with Crippen LogP contribution in [0.1, 0.15) is 47.6 Å². The van der Waals surface area contributed by atoms with E-state index in [1.807, 2.05) is 23.1 Å². The third-order valence-corrected chi connectivity index (χ3v) is 8.18. The lowest BCUT2D eigenvalue weighted by molar-refractivity contribution is 0.0735. The Balaban J connectivity index is 1.35. The van der Waals surface area contributed by atoms with Crippen LogP contribution in [0, 0.1) is 0 Å². The summed E-state index contributed by atoms with van der Waals surface area (Å²) in [5.74, 6) is 1.38. The van der Waals surface area contributed by atoms with E-state index in [1.54, 1.807) is 24.3 Å². The summed E-state index contributed by atoms with van der Waals surface area (Å²) in [6.45, 7) is 2.87. The lowest BCUT2D eigenvalue weighted by Crippen LogP contribution is -2.31. The Bertz CT molecular complexity index is 1080. The molecule has 2 saturated heterocycles. The highest BCUT2D eigenvalue weighted by Crippen LogP contribution is 2.38. The molecule has 7 nitrogen and oxygen atoms in total. The molecule has 0 spiro atoms. The molecule has 0 unspecified atom stereocenters. The second-order valence-electron chi connectivity index (χ2n) is 8.20. The first-order chi connectivity index (χ1) is 15.0. The summed E-state index contributed by atoms with van der Waals surface area (Å²) in [5.41, 5.74) is 1.54. The van der Waals surface area contributed by atoms with Gasteiger partial charge < -0.3 is 14.4 Å². The maximum atomic E-state index is 13.2. The zero-order chi connectivity index (χ0) is 21.4. The molecule has 0 radical (unpaired) electrons. The second-order valence-corrected chi connectivity index (χ2v) is 10.1. The number of carbonyl (C=O) groups is 1. The minimum absolute atomic E-state index is 0.0312. The molecule has 164 valence electrons. The van der Waals surface area contributed by atoms with Crippen molar-refractivity contribution in [2.75, 3.05) is 32.8 Å². The predicted molar refractivity (Wildman–Crippen MR) is 115 cm³/mol. The normalized spacial score (nSPS) is 21.4. The van der Waals surface area contributed by atoms with Crippen molar-refractivity contribution in [2.24, 2.45) is 0 Å². The molecule has 2 aromatic rings. The van der Waals surface area contributed by atoms with Gasteiger partial charge >= 0.3 is 0 Å². The molecule has 3 aliphatic rings. The van der Waals surface area contributed by atoms with Gasteiger partial charge in [-0.15, -0.1) is 0 Å². The summed E-state index contributed by atoms with van der Waals surface area (Å²) < 4.78 is 38.3. The number of ether oxygens (including phenoxy) is 2. The third kappa shape index (κ3) is 3.78. The van der Waals surface area contributed by atoms with Crippen LogP contribution in [-0.4, -0.2) is 56.4 Å². The Labute approximate surface area is 182 Å². The third-order valence-electron chi connectivity index (χ3n) is 6.27. The van der Waals surface area contributed by atoms with Crippen LogP contribution >= 0.6 is 0 Å². The average Bonchev–Trinajstić information content (AvgIpc) is 3.51. The molecule has 0 bridgehead atoms. The van der Waals surface area contributed by atoms with Gasteiger partial charge in [-0.25, -0.2) is 8.42 Å². The van der Waals surface area contributed by atoms with E-state index < -0.39 is 10.0 Å². The zero-order valence-electron chi connectivity index (χ0n) is 17.3. The molecule has 0 N–H and O–H groups in total. The van der Waals surface area contributed by atoms with Gasteiger partial charge in [-0.2, -0.15) is 4.31 Å². The van der Waals surface area contributed by atoms with Crippen molar-refractivity contribution in [1.29, 1.82) is 0 Å². The van der Waals surface area contributed by atoms with Crippen molar-refractivity contribution in [2.45, 2.75) is 36.6 Å². The van der Waals surface area contributed by atoms with Gasteiger partial charge in [-0.05, 0) is 67.6 Å². The van der Waals surface area contributed by atoms with Gasteiger partial charge in [0, 0.05) is 25.2 Å². The highest BCUT2D eigenvalue weighted by Gasteiger charge is 2.32. The summed E-state index contributed by atoms with van der Waals surface area (Å²) in [6, 6.07) is 12.2. The van der Waals surface area contributed by atoms with E-state index in [9.17, 15) is 13.2 Å². The fourth-order valence-electron chi connectivity index (χ4n) is 4.64. The minimum Gasteiger partial charge on any atom is -0.486 e. The maximum absolute atomic E-state index is 13.2. The smallest absolute Gasteiger partial charge is 0.254 e. The van der Waals surface area contributed by atoms with E-state index in [2.05, 4.69) is 0 Å². The molecule has 8 heteroatoms. The molecule has 1 atom stereocenters. The highest BCUT2D eigenvalue weighted by atomic mass is 32.2. The van der Waals surface area contributed by atoms with Gasteiger partial charge in [0.2, 0.25) is 10.0 Å².